The molecule has 1 heterocycles. The van der Waals surface area contributed by atoms with Crippen LogP contribution in [0.4, 0.5) is 10.6 Å². The lowest BCUT2D eigenvalue weighted by Gasteiger charge is -2.37. The van der Waals surface area contributed by atoms with Gasteiger partial charge in [-0.25, -0.2) is 14.8 Å². The summed E-state index contributed by atoms with van der Waals surface area (Å²) in [4.78, 5) is 23.8. The number of carbonyl (C=O) groups is 1. The molecule has 1 aromatic rings. The Labute approximate surface area is 163 Å². The number of anilines is 1. The smallest absolute Gasteiger partial charge is 0.407 e. The first-order valence-corrected chi connectivity index (χ1v) is 10.3. The standard InChI is InChI=1S/C21H34N4O2/c1-14-22-18-9-7-6-8-17(18)19(23-14)25(5)16-12-10-15(11-13-16)24-20(26)27-21(2,3)4/h15-16H,6-13H2,1-5H3,(H,24,26). The van der Waals surface area contributed by atoms with E-state index in [1.165, 1.54) is 24.1 Å². The summed E-state index contributed by atoms with van der Waals surface area (Å²) >= 11 is 0. The van der Waals surface area contributed by atoms with Crippen molar-refractivity contribution >= 4 is 11.9 Å². The van der Waals surface area contributed by atoms with E-state index >= 15 is 0 Å². The summed E-state index contributed by atoms with van der Waals surface area (Å²) in [7, 11) is 2.17. The van der Waals surface area contributed by atoms with Gasteiger partial charge in [0.2, 0.25) is 0 Å². The molecular formula is C21H34N4O2. The lowest BCUT2D eigenvalue weighted by molar-refractivity contribution is 0.0491. The number of hydrogen-bond acceptors (Lipinski definition) is 5. The Morgan fingerprint density at radius 3 is 2.44 bits per heavy atom. The van der Waals surface area contributed by atoms with Crippen LogP contribution in [-0.2, 0) is 17.6 Å². The van der Waals surface area contributed by atoms with Gasteiger partial charge in [-0.15, -0.1) is 0 Å². The van der Waals surface area contributed by atoms with Crippen LogP contribution in [0.2, 0.25) is 0 Å². The minimum absolute atomic E-state index is 0.200. The first-order valence-electron chi connectivity index (χ1n) is 10.3. The number of carbonyl (C=O) groups excluding carboxylic acids is 1. The van der Waals surface area contributed by atoms with Crippen LogP contribution in [0.3, 0.4) is 0 Å². The molecule has 0 unspecified atom stereocenters. The van der Waals surface area contributed by atoms with E-state index < -0.39 is 5.60 Å². The Balaban J connectivity index is 1.60. The number of nitrogens with one attached hydrogen (secondary N) is 1. The zero-order valence-corrected chi connectivity index (χ0v) is 17.5. The zero-order valence-electron chi connectivity index (χ0n) is 17.5. The molecule has 0 radical (unpaired) electrons. The van der Waals surface area contributed by atoms with Crippen molar-refractivity contribution in [2.24, 2.45) is 0 Å². The Morgan fingerprint density at radius 1 is 1.11 bits per heavy atom. The number of hydrogen-bond donors (Lipinski definition) is 1. The number of amides is 1. The van der Waals surface area contributed by atoms with E-state index in [4.69, 9.17) is 9.72 Å². The van der Waals surface area contributed by atoms with Crippen LogP contribution in [0.25, 0.3) is 0 Å². The second kappa shape index (κ2) is 8.03. The lowest BCUT2D eigenvalue weighted by atomic mass is 9.89. The lowest BCUT2D eigenvalue weighted by Crippen LogP contribution is -2.44. The Morgan fingerprint density at radius 2 is 1.78 bits per heavy atom. The minimum Gasteiger partial charge on any atom is -0.444 e. The highest BCUT2D eigenvalue weighted by molar-refractivity contribution is 5.68. The Hall–Kier alpha value is -1.85. The van der Waals surface area contributed by atoms with Gasteiger partial charge in [0.1, 0.15) is 17.2 Å². The first-order chi connectivity index (χ1) is 12.7. The van der Waals surface area contributed by atoms with Gasteiger partial charge in [0, 0.05) is 30.4 Å². The molecule has 1 amide bonds. The van der Waals surface area contributed by atoms with Crippen molar-refractivity contribution < 1.29 is 9.53 Å². The summed E-state index contributed by atoms with van der Waals surface area (Å²) in [6, 6.07) is 0.660. The molecule has 0 aliphatic heterocycles. The van der Waals surface area contributed by atoms with Crippen molar-refractivity contribution in [1.29, 1.82) is 0 Å². The number of alkyl carbamates (subject to hydrolysis) is 1. The Kier molecular flexibility index (Phi) is 5.92. The van der Waals surface area contributed by atoms with Crippen LogP contribution in [0, 0.1) is 6.92 Å². The fourth-order valence-corrected chi connectivity index (χ4v) is 4.24. The van der Waals surface area contributed by atoms with Crippen LogP contribution in [-0.4, -0.2) is 40.8 Å². The third kappa shape index (κ3) is 5.11. The molecule has 6 heteroatoms. The molecule has 0 spiro atoms. The highest BCUT2D eigenvalue weighted by Gasteiger charge is 2.29. The molecule has 2 aliphatic carbocycles. The van der Waals surface area contributed by atoms with Crippen molar-refractivity contribution in [3.05, 3.63) is 17.1 Å². The van der Waals surface area contributed by atoms with Gasteiger partial charge >= 0.3 is 6.09 Å². The number of aromatic nitrogens is 2. The van der Waals surface area contributed by atoms with Gasteiger partial charge in [-0.2, -0.15) is 0 Å². The first kappa shape index (κ1) is 19.9. The summed E-state index contributed by atoms with van der Waals surface area (Å²) in [5, 5.41) is 3.03. The van der Waals surface area contributed by atoms with Crippen molar-refractivity contribution in [1.82, 2.24) is 15.3 Å². The molecule has 6 nitrogen and oxygen atoms in total. The largest absolute Gasteiger partial charge is 0.444 e. The SMILES string of the molecule is Cc1nc2c(c(N(C)C3CCC(NC(=O)OC(C)(C)C)CC3)n1)CCCC2. The van der Waals surface area contributed by atoms with E-state index in [0.29, 0.717) is 6.04 Å². The molecule has 1 saturated carbocycles. The van der Waals surface area contributed by atoms with Crippen LogP contribution in [0.15, 0.2) is 0 Å². The number of fused-ring (bicyclic) bond motifs is 1. The summed E-state index contributed by atoms with van der Waals surface area (Å²) in [5.74, 6) is 2.00. The fraction of sp³-hybridized carbons (Fsp3) is 0.762. The highest BCUT2D eigenvalue weighted by atomic mass is 16.6. The molecule has 27 heavy (non-hydrogen) atoms. The summed E-state index contributed by atoms with van der Waals surface area (Å²) in [5.41, 5.74) is 2.14. The van der Waals surface area contributed by atoms with Gasteiger partial charge in [0.25, 0.3) is 0 Å². The highest BCUT2D eigenvalue weighted by Crippen LogP contribution is 2.32. The van der Waals surface area contributed by atoms with Crippen molar-refractivity contribution in [3.63, 3.8) is 0 Å². The number of aryl methyl sites for hydroxylation is 2. The number of rotatable bonds is 3. The molecule has 0 saturated heterocycles. The summed E-state index contributed by atoms with van der Waals surface area (Å²) < 4.78 is 5.38. The normalized spacial score (nSPS) is 22.7. The minimum atomic E-state index is -0.453. The predicted molar refractivity (Wildman–Crippen MR) is 107 cm³/mol. The van der Waals surface area contributed by atoms with Gasteiger partial charge in [0.05, 0.1) is 0 Å². The fourth-order valence-electron chi connectivity index (χ4n) is 4.24. The summed E-state index contributed by atoms with van der Waals surface area (Å²) in [6.07, 6.45) is 8.36. The topological polar surface area (TPSA) is 67.4 Å². The maximum atomic E-state index is 12.0. The molecule has 1 aromatic heterocycles. The zero-order chi connectivity index (χ0) is 19.6. The molecule has 1 fully saturated rings. The molecule has 0 aromatic carbocycles. The molecule has 0 bridgehead atoms. The van der Waals surface area contributed by atoms with Gasteiger partial charge in [-0.3, -0.25) is 0 Å². The van der Waals surface area contributed by atoms with E-state index in [-0.39, 0.29) is 12.1 Å². The predicted octanol–water partition coefficient (Wildman–Crippen LogP) is 3.94. The third-order valence-corrected chi connectivity index (χ3v) is 5.57. The van der Waals surface area contributed by atoms with Crippen molar-refractivity contribution in [3.8, 4) is 0 Å². The van der Waals surface area contributed by atoms with Gasteiger partial charge in [0.15, 0.2) is 0 Å². The second-order valence-electron chi connectivity index (χ2n) is 8.99. The monoisotopic (exact) mass is 374 g/mol. The maximum absolute atomic E-state index is 12.0. The molecule has 1 N–H and O–H groups in total. The van der Waals surface area contributed by atoms with Gasteiger partial charge in [-0.05, 0) is 79.1 Å². The second-order valence-corrected chi connectivity index (χ2v) is 8.99. The number of ether oxygens (including phenoxy) is 1. The molecule has 0 atom stereocenters. The molecule has 3 rings (SSSR count). The summed E-state index contributed by atoms with van der Waals surface area (Å²) in [6.45, 7) is 7.67. The van der Waals surface area contributed by atoms with E-state index in [1.54, 1.807) is 0 Å². The molecule has 150 valence electrons. The van der Waals surface area contributed by atoms with E-state index in [9.17, 15) is 4.79 Å². The van der Waals surface area contributed by atoms with E-state index in [2.05, 4.69) is 22.2 Å². The van der Waals surface area contributed by atoms with Crippen LogP contribution in [0.5, 0.6) is 0 Å². The van der Waals surface area contributed by atoms with Gasteiger partial charge in [-0.1, -0.05) is 0 Å². The maximum Gasteiger partial charge on any atom is 0.407 e. The van der Waals surface area contributed by atoms with Gasteiger partial charge < -0.3 is 15.0 Å². The molecular weight excluding hydrogens is 340 g/mol. The third-order valence-electron chi connectivity index (χ3n) is 5.57. The average Bonchev–Trinajstić information content (AvgIpc) is 2.59. The van der Waals surface area contributed by atoms with E-state index in [1.807, 2.05) is 27.7 Å². The van der Waals surface area contributed by atoms with Crippen LogP contribution < -0.4 is 10.2 Å². The van der Waals surface area contributed by atoms with Crippen molar-refractivity contribution in [2.75, 3.05) is 11.9 Å². The van der Waals surface area contributed by atoms with Crippen LogP contribution in [0.1, 0.15) is 76.4 Å². The van der Waals surface area contributed by atoms with Crippen LogP contribution >= 0.6 is 0 Å². The van der Waals surface area contributed by atoms with E-state index in [0.717, 1.165) is 50.2 Å². The molecule has 2 aliphatic rings. The average molecular weight is 375 g/mol. The number of nitrogens with zero attached hydrogens (tertiary/aromatic N) is 3. The Bertz CT molecular complexity index is 675. The van der Waals surface area contributed by atoms with Crippen molar-refractivity contribution in [2.45, 2.75) is 96.7 Å². The quantitative estimate of drug-likeness (QED) is 0.868.